The summed E-state index contributed by atoms with van der Waals surface area (Å²) in [5.74, 6) is 1.00. The molecule has 2 heterocycles. The van der Waals surface area contributed by atoms with E-state index in [2.05, 4.69) is 21.5 Å². The summed E-state index contributed by atoms with van der Waals surface area (Å²) in [6.07, 6.45) is 10.5. The Kier molecular flexibility index (Phi) is 4.54. The fraction of sp³-hybridized carbons (Fsp3) is 0.647. The van der Waals surface area contributed by atoms with Crippen LogP contribution in [0.25, 0.3) is 11.0 Å². The molecule has 4 heteroatoms. The summed E-state index contributed by atoms with van der Waals surface area (Å²) < 4.78 is 1.85. The molecule has 4 nitrogen and oxygen atoms in total. The molecule has 1 aliphatic carbocycles. The molecule has 0 amide bonds. The summed E-state index contributed by atoms with van der Waals surface area (Å²) in [6.45, 7) is 4.06. The van der Waals surface area contributed by atoms with Crippen molar-refractivity contribution in [3.63, 3.8) is 0 Å². The zero-order valence-corrected chi connectivity index (χ0v) is 13.2. The van der Waals surface area contributed by atoms with Crippen LogP contribution in [0.1, 0.15) is 49.8 Å². The van der Waals surface area contributed by atoms with Crippen LogP contribution < -0.4 is 5.32 Å². The Balaban J connectivity index is 1.47. The molecular weight excluding hydrogens is 260 g/mol. The second-order valence-corrected chi connectivity index (χ2v) is 6.39. The van der Waals surface area contributed by atoms with Gasteiger partial charge < -0.3 is 5.32 Å². The van der Waals surface area contributed by atoms with Gasteiger partial charge in [-0.25, -0.2) is 4.98 Å². The van der Waals surface area contributed by atoms with Crippen molar-refractivity contribution in [3.8, 4) is 0 Å². The summed E-state index contributed by atoms with van der Waals surface area (Å²) >= 11 is 0. The SMILES string of the molecule is Cc1nn(C)c2ncc(CNCCCC3CCCC3)cc12. The minimum atomic E-state index is 0.905. The van der Waals surface area contributed by atoms with E-state index in [4.69, 9.17) is 0 Å². The summed E-state index contributed by atoms with van der Waals surface area (Å²) in [7, 11) is 1.95. The number of pyridine rings is 1. The lowest BCUT2D eigenvalue weighted by atomic mass is 10.0. The molecule has 0 unspecified atom stereocenters. The molecule has 0 radical (unpaired) electrons. The molecule has 0 atom stereocenters. The van der Waals surface area contributed by atoms with Gasteiger partial charge in [-0.15, -0.1) is 0 Å². The molecule has 0 aliphatic heterocycles. The van der Waals surface area contributed by atoms with Gasteiger partial charge >= 0.3 is 0 Å². The second kappa shape index (κ2) is 6.56. The minimum Gasteiger partial charge on any atom is -0.313 e. The molecule has 0 saturated heterocycles. The van der Waals surface area contributed by atoms with Crippen LogP contribution in [-0.2, 0) is 13.6 Å². The number of nitrogens with zero attached hydrogens (tertiary/aromatic N) is 3. The smallest absolute Gasteiger partial charge is 0.157 e. The molecular formula is C17H26N4. The Morgan fingerprint density at radius 2 is 2.14 bits per heavy atom. The predicted octanol–water partition coefficient (Wildman–Crippen LogP) is 3.34. The first kappa shape index (κ1) is 14.5. The molecule has 0 aromatic carbocycles. The van der Waals surface area contributed by atoms with E-state index in [0.717, 1.165) is 30.3 Å². The highest BCUT2D eigenvalue weighted by Crippen LogP contribution is 2.28. The maximum Gasteiger partial charge on any atom is 0.157 e. The summed E-state index contributed by atoms with van der Waals surface area (Å²) in [6, 6.07) is 2.22. The summed E-state index contributed by atoms with van der Waals surface area (Å²) in [5, 5.41) is 9.14. The fourth-order valence-electron chi connectivity index (χ4n) is 3.50. The van der Waals surface area contributed by atoms with E-state index in [1.54, 1.807) is 0 Å². The Morgan fingerprint density at radius 3 is 2.95 bits per heavy atom. The molecule has 114 valence electrons. The third-order valence-electron chi connectivity index (χ3n) is 4.69. The molecule has 0 bridgehead atoms. The van der Waals surface area contributed by atoms with E-state index < -0.39 is 0 Å². The summed E-state index contributed by atoms with van der Waals surface area (Å²) in [5.41, 5.74) is 3.28. The number of aromatic nitrogens is 3. The Bertz CT molecular complexity index is 596. The van der Waals surface area contributed by atoms with E-state index in [-0.39, 0.29) is 0 Å². The highest BCUT2D eigenvalue weighted by molar-refractivity contribution is 5.78. The number of hydrogen-bond acceptors (Lipinski definition) is 3. The molecule has 2 aromatic rings. The van der Waals surface area contributed by atoms with Crippen molar-refractivity contribution >= 4 is 11.0 Å². The van der Waals surface area contributed by atoms with Crippen molar-refractivity contribution < 1.29 is 0 Å². The van der Waals surface area contributed by atoms with Gasteiger partial charge in [-0.1, -0.05) is 25.7 Å². The van der Waals surface area contributed by atoms with Crippen LogP contribution in [0, 0.1) is 12.8 Å². The third kappa shape index (κ3) is 3.43. The number of aryl methyl sites for hydroxylation is 2. The largest absolute Gasteiger partial charge is 0.313 e. The lowest BCUT2D eigenvalue weighted by molar-refractivity contribution is 0.470. The maximum atomic E-state index is 4.52. The monoisotopic (exact) mass is 286 g/mol. The zero-order valence-electron chi connectivity index (χ0n) is 13.2. The molecule has 1 saturated carbocycles. The van der Waals surface area contributed by atoms with Crippen molar-refractivity contribution in [3.05, 3.63) is 23.5 Å². The van der Waals surface area contributed by atoms with Crippen LogP contribution in [-0.4, -0.2) is 21.3 Å². The minimum absolute atomic E-state index is 0.905. The summed E-state index contributed by atoms with van der Waals surface area (Å²) in [4.78, 5) is 4.52. The standard InChI is InChI=1S/C17H26N4/c1-13-16-10-15(12-19-17(16)21(2)20-13)11-18-9-5-8-14-6-3-4-7-14/h10,12,14,18H,3-9,11H2,1-2H3. The van der Waals surface area contributed by atoms with Crippen LogP contribution in [0.2, 0.25) is 0 Å². The van der Waals surface area contributed by atoms with E-state index in [0.29, 0.717) is 0 Å². The molecule has 1 N–H and O–H groups in total. The van der Waals surface area contributed by atoms with Gasteiger partial charge in [0, 0.05) is 25.2 Å². The first-order chi connectivity index (χ1) is 10.2. The first-order valence-electron chi connectivity index (χ1n) is 8.23. The van der Waals surface area contributed by atoms with Crippen LogP contribution in [0.4, 0.5) is 0 Å². The normalized spacial score (nSPS) is 16.1. The van der Waals surface area contributed by atoms with Crippen molar-refractivity contribution in [1.82, 2.24) is 20.1 Å². The van der Waals surface area contributed by atoms with Gasteiger partial charge in [0.1, 0.15) is 0 Å². The van der Waals surface area contributed by atoms with E-state index in [1.165, 1.54) is 49.5 Å². The molecule has 0 spiro atoms. The van der Waals surface area contributed by atoms with Crippen LogP contribution in [0.15, 0.2) is 12.3 Å². The van der Waals surface area contributed by atoms with Gasteiger partial charge in [-0.2, -0.15) is 5.10 Å². The number of fused-ring (bicyclic) bond motifs is 1. The Morgan fingerprint density at radius 1 is 1.33 bits per heavy atom. The third-order valence-corrected chi connectivity index (χ3v) is 4.69. The quantitative estimate of drug-likeness (QED) is 0.828. The Labute approximate surface area is 126 Å². The molecule has 21 heavy (non-hydrogen) atoms. The highest BCUT2D eigenvalue weighted by atomic mass is 15.3. The average molecular weight is 286 g/mol. The lowest BCUT2D eigenvalue weighted by Crippen LogP contribution is -2.15. The lowest BCUT2D eigenvalue weighted by Gasteiger charge is -2.09. The van der Waals surface area contributed by atoms with Crippen molar-refractivity contribution in [2.75, 3.05) is 6.54 Å². The first-order valence-corrected chi connectivity index (χ1v) is 8.23. The van der Waals surface area contributed by atoms with Crippen LogP contribution in [0.5, 0.6) is 0 Å². The molecule has 1 aliphatic rings. The van der Waals surface area contributed by atoms with Crippen molar-refractivity contribution in [1.29, 1.82) is 0 Å². The molecule has 2 aromatic heterocycles. The zero-order chi connectivity index (χ0) is 14.7. The van der Waals surface area contributed by atoms with Gasteiger partial charge in [-0.05, 0) is 43.9 Å². The van der Waals surface area contributed by atoms with Gasteiger partial charge in [0.15, 0.2) is 5.65 Å². The van der Waals surface area contributed by atoms with Gasteiger partial charge in [0.05, 0.1) is 5.69 Å². The van der Waals surface area contributed by atoms with E-state index in [9.17, 15) is 0 Å². The Hall–Kier alpha value is -1.42. The highest BCUT2D eigenvalue weighted by Gasteiger charge is 2.13. The van der Waals surface area contributed by atoms with Crippen molar-refractivity contribution in [2.24, 2.45) is 13.0 Å². The average Bonchev–Trinajstić information content (AvgIpc) is 3.08. The molecule has 3 rings (SSSR count). The number of nitrogens with one attached hydrogen (secondary N) is 1. The van der Waals surface area contributed by atoms with Gasteiger partial charge in [0.25, 0.3) is 0 Å². The van der Waals surface area contributed by atoms with Crippen LogP contribution in [0.3, 0.4) is 0 Å². The van der Waals surface area contributed by atoms with Gasteiger partial charge in [-0.3, -0.25) is 4.68 Å². The fourth-order valence-corrected chi connectivity index (χ4v) is 3.50. The van der Waals surface area contributed by atoms with Crippen molar-refractivity contribution in [2.45, 2.75) is 52.0 Å². The maximum absolute atomic E-state index is 4.52. The van der Waals surface area contributed by atoms with E-state index in [1.807, 2.05) is 24.9 Å². The van der Waals surface area contributed by atoms with Crippen LogP contribution >= 0.6 is 0 Å². The van der Waals surface area contributed by atoms with E-state index >= 15 is 0 Å². The number of rotatable bonds is 6. The predicted molar refractivity (Wildman–Crippen MR) is 86.1 cm³/mol. The molecule has 1 fully saturated rings. The van der Waals surface area contributed by atoms with Gasteiger partial charge in [0.2, 0.25) is 0 Å². The second-order valence-electron chi connectivity index (χ2n) is 6.39. The topological polar surface area (TPSA) is 42.7 Å². The number of hydrogen-bond donors (Lipinski definition) is 1.